The van der Waals surface area contributed by atoms with Crippen molar-refractivity contribution in [2.75, 3.05) is 13.1 Å². The van der Waals surface area contributed by atoms with Gasteiger partial charge in [-0.1, -0.05) is 87.5 Å². The summed E-state index contributed by atoms with van der Waals surface area (Å²) in [7, 11) is 0. The molecule has 0 bridgehead atoms. The highest BCUT2D eigenvalue weighted by Crippen LogP contribution is 2.49. The lowest BCUT2D eigenvalue weighted by Gasteiger charge is -2.42. The molecule has 1 unspecified atom stereocenters. The van der Waals surface area contributed by atoms with E-state index < -0.39 is 0 Å². The third-order valence-corrected chi connectivity index (χ3v) is 6.91. The van der Waals surface area contributed by atoms with E-state index in [1.54, 1.807) is 0 Å². The van der Waals surface area contributed by atoms with Gasteiger partial charge in [-0.2, -0.15) is 0 Å². The highest BCUT2D eigenvalue weighted by atomic mass is 14.8. The summed E-state index contributed by atoms with van der Waals surface area (Å²) in [6.45, 7) is 20.8. The van der Waals surface area contributed by atoms with Crippen LogP contribution in [0.5, 0.6) is 0 Å². The molecule has 0 aliphatic heterocycles. The molecule has 0 aromatic rings. The van der Waals surface area contributed by atoms with Crippen LogP contribution in [0.2, 0.25) is 0 Å². The lowest BCUT2D eigenvalue weighted by molar-refractivity contribution is 0.0754. The van der Waals surface area contributed by atoms with Crippen molar-refractivity contribution in [1.82, 2.24) is 5.32 Å². The van der Waals surface area contributed by atoms with Gasteiger partial charge in [-0.05, 0) is 74.3 Å². The van der Waals surface area contributed by atoms with E-state index in [4.69, 9.17) is 0 Å². The summed E-state index contributed by atoms with van der Waals surface area (Å²) in [4.78, 5) is 0. The Morgan fingerprint density at radius 3 is 1.65 bits per heavy atom. The molecule has 1 nitrogen and oxygen atoms in total. The molecule has 2 saturated carbocycles. The van der Waals surface area contributed by atoms with Crippen LogP contribution in [0.3, 0.4) is 0 Å². The standard InChI is InChI=1S/C16H33N.C6H12.C3H8/c1-5-14(6-2)16(4,12-13-17-7-3)15-10-8-9-11-15;1-5-3-6(2)4-5;1-3-2/h14-15,17H,5-13H2,1-4H3;5-6H,3-4H2,1-2H3;3H2,1-2H3. The summed E-state index contributed by atoms with van der Waals surface area (Å²) in [6, 6.07) is 0. The van der Waals surface area contributed by atoms with E-state index in [-0.39, 0.29) is 0 Å². The molecule has 0 aromatic carbocycles. The van der Waals surface area contributed by atoms with Crippen LogP contribution in [0.25, 0.3) is 0 Å². The second kappa shape index (κ2) is 14.9. The van der Waals surface area contributed by atoms with Gasteiger partial charge in [0.25, 0.3) is 0 Å². The molecule has 0 radical (unpaired) electrons. The average Bonchev–Trinajstić information content (AvgIpc) is 3.12. The minimum Gasteiger partial charge on any atom is -0.317 e. The molecule has 0 aromatic heterocycles. The van der Waals surface area contributed by atoms with Gasteiger partial charge in [0.1, 0.15) is 0 Å². The zero-order valence-corrected chi connectivity index (χ0v) is 19.8. The summed E-state index contributed by atoms with van der Waals surface area (Å²) in [5.41, 5.74) is 0.585. The van der Waals surface area contributed by atoms with E-state index in [1.165, 1.54) is 70.8 Å². The van der Waals surface area contributed by atoms with Crippen molar-refractivity contribution in [1.29, 1.82) is 0 Å². The van der Waals surface area contributed by atoms with Crippen LogP contribution in [0.15, 0.2) is 0 Å². The second-order valence-electron chi connectivity index (χ2n) is 9.49. The van der Waals surface area contributed by atoms with Crippen molar-refractivity contribution in [2.45, 2.75) is 120 Å². The van der Waals surface area contributed by atoms with Gasteiger partial charge in [-0.15, -0.1) is 0 Å². The fourth-order valence-electron chi connectivity index (χ4n) is 5.39. The van der Waals surface area contributed by atoms with Gasteiger partial charge in [0.2, 0.25) is 0 Å². The molecular weight excluding hydrogens is 314 g/mol. The smallest absolute Gasteiger partial charge is 0.00436 e. The van der Waals surface area contributed by atoms with Crippen LogP contribution in [0, 0.1) is 29.1 Å². The Hall–Kier alpha value is -0.0400. The molecule has 158 valence electrons. The molecule has 1 atom stereocenters. The number of nitrogens with one attached hydrogen (secondary N) is 1. The Morgan fingerprint density at radius 1 is 0.885 bits per heavy atom. The van der Waals surface area contributed by atoms with Crippen LogP contribution in [-0.2, 0) is 0 Å². The van der Waals surface area contributed by atoms with Crippen molar-refractivity contribution >= 4 is 0 Å². The highest BCUT2D eigenvalue weighted by Gasteiger charge is 2.40. The molecule has 2 fully saturated rings. The van der Waals surface area contributed by atoms with Gasteiger partial charge in [0.15, 0.2) is 0 Å². The van der Waals surface area contributed by atoms with Crippen molar-refractivity contribution in [2.24, 2.45) is 29.1 Å². The van der Waals surface area contributed by atoms with Crippen molar-refractivity contribution in [3.63, 3.8) is 0 Å². The normalized spacial score (nSPS) is 24.8. The first-order valence-corrected chi connectivity index (χ1v) is 12.1. The van der Waals surface area contributed by atoms with E-state index in [9.17, 15) is 0 Å². The molecular formula is C25H53N. The molecule has 26 heavy (non-hydrogen) atoms. The molecule has 2 aliphatic carbocycles. The quantitative estimate of drug-likeness (QED) is 0.427. The van der Waals surface area contributed by atoms with E-state index in [2.05, 4.69) is 60.7 Å². The number of rotatable bonds is 8. The van der Waals surface area contributed by atoms with Crippen LogP contribution in [-0.4, -0.2) is 13.1 Å². The van der Waals surface area contributed by atoms with Crippen LogP contribution < -0.4 is 5.32 Å². The van der Waals surface area contributed by atoms with Crippen LogP contribution in [0.4, 0.5) is 0 Å². The maximum absolute atomic E-state index is 3.53. The Kier molecular flexibility index (Phi) is 14.9. The van der Waals surface area contributed by atoms with Crippen molar-refractivity contribution in [3.8, 4) is 0 Å². The average molecular weight is 368 g/mol. The molecule has 0 saturated heterocycles. The van der Waals surface area contributed by atoms with Gasteiger partial charge < -0.3 is 5.32 Å². The zero-order chi connectivity index (χ0) is 20.0. The van der Waals surface area contributed by atoms with E-state index in [0.29, 0.717) is 5.41 Å². The Labute approximate surface area is 167 Å². The maximum Gasteiger partial charge on any atom is -0.00436 e. The summed E-state index contributed by atoms with van der Waals surface area (Å²) in [5, 5.41) is 3.53. The topological polar surface area (TPSA) is 12.0 Å². The minimum atomic E-state index is 0.585. The fourth-order valence-corrected chi connectivity index (χ4v) is 5.39. The third-order valence-electron chi connectivity index (χ3n) is 6.91. The first kappa shape index (κ1) is 26.0. The lowest BCUT2D eigenvalue weighted by atomic mass is 9.63. The third kappa shape index (κ3) is 9.25. The van der Waals surface area contributed by atoms with Gasteiger partial charge in [-0.25, -0.2) is 0 Å². The summed E-state index contributed by atoms with van der Waals surface area (Å²) >= 11 is 0. The first-order chi connectivity index (χ1) is 12.4. The minimum absolute atomic E-state index is 0.585. The van der Waals surface area contributed by atoms with Crippen molar-refractivity contribution < 1.29 is 0 Å². The zero-order valence-electron chi connectivity index (χ0n) is 19.8. The highest BCUT2D eigenvalue weighted by molar-refractivity contribution is 4.90. The second-order valence-corrected chi connectivity index (χ2v) is 9.49. The Bertz CT molecular complexity index is 287. The van der Waals surface area contributed by atoms with Crippen LogP contribution >= 0.6 is 0 Å². The first-order valence-electron chi connectivity index (χ1n) is 12.1. The summed E-state index contributed by atoms with van der Waals surface area (Å²) in [6.07, 6.45) is 14.2. The van der Waals surface area contributed by atoms with Gasteiger partial charge >= 0.3 is 0 Å². The van der Waals surface area contributed by atoms with Crippen molar-refractivity contribution in [3.05, 3.63) is 0 Å². The van der Waals surface area contributed by atoms with Gasteiger partial charge in [0.05, 0.1) is 0 Å². The van der Waals surface area contributed by atoms with E-state index in [1.807, 2.05) is 0 Å². The lowest BCUT2D eigenvalue weighted by Crippen LogP contribution is -2.37. The SMILES string of the molecule is CC1CC(C)C1.CCC.CCNCCC(C)(C(CC)CC)C1CCCC1. The summed E-state index contributed by atoms with van der Waals surface area (Å²) in [5.74, 6) is 4.00. The molecule has 1 heteroatoms. The molecule has 2 aliphatic rings. The number of hydrogen-bond acceptors (Lipinski definition) is 1. The largest absolute Gasteiger partial charge is 0.317 e. The number of hydrogen-bond donors (Lipinski definition) is 1. The Morgan fingerprint density at radius 2 is 1.35 bits per heavy atom. The predicted octanol–water partition coefficient (Wildman–Crippen LogP) is 8.09. The molecule has 2 rings (SSSR count). The summed E-state index contributed by atoms with van der Waals surface area (Å²) < 4.78 is 0. The van der Waals surface area contributed by atoms with Crippen LogP contribution in [0.1, 0.15) is 120 Å². The van der Waals surface area contributed by atoms with Gasteiger partial charge in [0, 0.05) is 0 Å². The van der Waals surface area contributed by atoms with Gasteiger partial charge in [-0.3, -0.25) is 0 Å². The monoisotopic (exact) mass is 367 g/mol. The fraction of sp³-hybridized carbons (Fsp3) is 1.00. The molecule has 0 amide bonds. The van der Waals surface area contributed by atoms with E-state index in [0.717, 1.165) is 30.2 Å². The molecule has 0 spiro atoms. The molecule has 0 heterocycles. The van der Waals surface area contributed by atoms with E-state index >= 15 is 0 Å². The molecule has 1 N–H and O–H groups in total. The Balaban J connectivity index is 0.000000569. The maximum atomic E-state index is 3.53. The predicted molar refractivity (Wildman–Crippen MR) is 121 cm³/mol.